The number of amides is 2. The summed E-state index contributed by atoms with van der Waals surface area (Å²) in [5.74, 6) is -0.443. The maximum absolute atomic E-state index is 11.6. The average molecular weight is 291 g/mol. The molecule has 21 heavy (non-hydrogen) atoms. The fourth-order valence-electron chi connectivity index (χ4n) is 1.88. The summed E-state index contributed by atoms with van der Waals surface area (Å²) < 4.78 is 0. The van der Waals surface area contributed by atoms with Gasteiger partial charge in [0.05, 0.1) is 0 Å². The minimum Gasteiger partial charge on any atom is -0.356 e. The third kappa shape index (κ3) is 8.81. The Morgan fingerprint density at radius 1 is 1.00 bits per heavy atom. The molecule has 5 heteroatoms. The van der Waals surface area contributed by atoms with Crippen LogP contribution in [0.4, 0.5) is 0 Å². The molecule has 1 rings (SSSR count). The van der Waals surface area contributed by atoms with Crippen LogP contribution in [0.5, 0.6) is 0 Å². The Kier molecular flexibility index (Phi) is 8.12. The number of hydrogen-bond donors (Lipinski definition) is 2. The van der Waals surface area contributed by atoms with E-state index in [0.29, 0.717) is 13.1 Å². The van der Waals surface area contributed by atoms with Crippen LogP contribution in [0.15, 0.2) is 30.3 Å². The summed E-state index contributed by atoms with van der Waals surface area (Å²) >= 11 is 0. The molecule has 0 heterocycles. The van der Waals surface area contributed by atoms with Gasteiger partial charge in [0.25, 0.3) is 0 Å². The van der Waals surface area contributed by atoms with Gasteiger partial charge in [-0.2, -0.15) is 0 Å². The zero-order valence-electron chi connectivity index (χ0n) is 12.9. The molecule has 0 saturated carbocycles. The molecule has 0 radical (unpaired) electrons. The average Bonchev–Trinajstić information content (AvgIpc) is 2.44. The minimum atomic E-state index is -0.226. The van der Waals surface area contributed by atoms with Crippen molar-refractivity contribution in [2.75, 3.05) is 33.7 Å². The van der Waals surface area contributed by atoms with Crippen molar-refractivity contribution in [3.05, 3.63) is 35.9 Å². The number of carbonyl (C=O) groups is 2. The maximum atomic E-state index is 11.6. The van der Waals surface area contributed by atoms with Gasteiger partial charge in [0.1, 0.15) is 6.42 Å². The van der Waals surface area contributed by atoms with Crippen molar-refractivity contribution in [2.45, 2.75) is 19.3 Å². The molecule has 2 N–H and O–H groups in total. The second-order valence-corrected chi connectivity index (χ2v) is 5.27. The van der Waals surface area contributed by atoms with E-state index in [9.17, 15) is 9.59 Å². The van der Waals surface area contributed by atoms with E-state index >= 15 is 0 Å². The zero-order chi connectivity index (χ0) is 15.5. The van der Waals surface area contributed by atoms with Crippen LogP contribution in [0, 0.1) is 0 Å². The molecule has 0 unspecified atom stereocenters. The largest absolute Gasteiger partial charge is 0.356 e. The first kappa shape index (κ1) is 17.2. The van der Waals surface area contributed by atoms with Crippen LogP contribution >= 0.6 is 0 Å². The lowest BCUT2D eigenvalue weighted by molar-refractivity contribution is -0.129. The van der Waals surface area contributed by atoms with E-state index in [0.717, 1.165) is 19.4 Å². The van der Waals surface area contributed by atoms with Crippen molar-refractivity contribution in [1.82, 2.24) is 15.5 Å². The summed E-state index contributed by atoms with van der Waals surface area (Å²) in [6, 6.07) is 9.94. The third-order valence-corrected chi connectivity index (χ3v) is 3.00. The van der Waals surface area contributed by atoms with E-state index in [1.54, 1.807) is 0 Å². The van der Waals surface area contributed by atoms with Gasteiger partial charge in [-0.1, -0.05) is 30.3 Å². The van der Waals surface area contributed by atoms with Crippen molar-refractivity contribution in [3.63, 3.8) is 0 Å². The van der Waals surface area contributed by atoms with Crippen molar-refractivity contribution < 1.29 is 9.59 Å². The van der Waals surface area contributed by atoms with Gasteiger partial charge >= 0.3 is 0 Å². The van der Waals surface area contributed by atoms with Gasteiger partial charge < -0.3 is 15.5 Å². The number of hydrogen-bond acceptors (Lipinski definition) is 3. The van der Waals surface area contributed by atoms with Crippen LogP contribution in [-0.2, 0) is 16.0 Å². The van der Waals surface area contributed by atoms with Gasteiger partial charge in [-0.3, -0.25) is 9.59 Å². The van der Waals surface area contributed by atoms with Crippen molar-refractivity contribution >= 4 is 11.8 Å². The molecule has 0 bridgehead atoms. The van der Waals surface area contributed by atoms with Crippen LogP contribution in [0.3, 0.4) is 0 Å². The van der Waals surface area contributed by atoms with Gasteiger partial charge in [0, 0.05) is 13.1 Å². The highest BCUT2D eigenvalue weighted by molar-refractivity contribution is 5.96. The van der Waals surface area contributed by atoms with Crippen LogP contribution in [0.25, 0.3) is 0 Å². The molecular formula is C16H25N3O2. The van der Waals surface area contributed by atoms with E-state index < -0.39 is 0 Å². The predicted octanol–water partition coefficient (Wildman–Crippen LogP) is 0.803. The molecule has 0 fully saturated rings. The third-order valence-electron chi connectivity index (χ3n) is 3.00. The smallest absolute Gasteiger partial charge is 0.229 e. The van der Waals surface area contributed by atoms with E-state index in [2.05, 4.69) is 15.5 Å². The normalized spacial score (nSPS) is 10.4. The number of nitrogens with zero attached hydrogens (tertiary/aromatic N) is 1. The molecule has 0 aliphatic heterocycles. The lowest BCUT2D eigenvalue weighted by atomic mass is 10.1. The lowest BCUT2D eigenvalue weighted by Gasteiger charge is -2.10. The van der Waals surface area contributed by atoms with E-state index in [1.165, 1.54) is 5.56 Å². The SMILES string of the molecule is CN(C)CCCNC(=O)CC(=O)NCCc1ccccc1. The van der Waals surface area contributed by atoms with E-state index in [-0.39, 0.29) is 18.2 Å². The summed E-state index contributed by atoms with van der Waals surface area (Å²) in [6.45, 7) is 2.08. The molecular weight excluding hydrogens is 266 g/mol. The first-order valence-electron chi connectivity index (χ1n) is 7.30. The summed E-state index contributed by atoms with van der Waals surface area (Å²) in [5.41, 5.74) is 1.17. The van der Waals surface area contributed by atoms with Gasteiger partial charge in [-0.05, 0) is 39.0 Å². The molecule has 0 aliphatic rings. The molecule has 0 saturated heterocycles. The molecule has 0 atom stereocenters. The Hall–Kier alpha value is -1.88. The molecule has 1 aromatic carbocycles. The molecule has 0 spiro atoms. The maximum Gasteiger partial charge on any atom is 0.229 e. The molecule has 116 valence electrons. The number of rotatable bonds is 9. The van der Waals surface area contributed by atoms with Crippen LogP contribution < -0.4 is 10.6 Å². The fraction of sp³-hybridized carbons (Fsp3) is 0.500. The Morgan fingerprint density at radius 3 is 2.24 bits per heavy atom. The van der Waals surface area contributed by atoms with Crippen molar-refractivity contribution in [1.29, 1.82) is 0 Å². The molecule has 0 aromatic heterocycles. The van der Waals surface area contributed by atoms with Crippen molar-refractivity contribution in [2.24, 2.45) is 0 Å². The predicted molar refractivity (Wildman–Crippen MR) is 84.0 cm³/mol. The molecule has 1 aromatic rings. The first-order chi connectivity index (χ1) is 10.1. The number of benzene rings is 1. The minimum absolute atomic E-state index is 0.100. The molecule has 2 amide bonds. The summed E-state index contributed by atoms with van der Waals surface area (Å²) in [6.07, 6.45) is 1.56. The quantitative estimate of drug-likeness (QED) is 0.523. The van der Waals surface area contributed by atoms with Crippen molar-refractivity contribution in [3.8, 4) is 0 Å². The summed E-state index contributed by atoms with van der Waals surface area (Å²) in [5, 5.41) is 5.51. The summed E-state index contributed by atoms with van der Waals surface area (Å²) in [4.78, 5) is 25.2. The second kappa shape index (κ2) is 9.94. The topological polar surface area (TPSA) is 61.4 Å². The standard InChI is InChI=1S/C16H25N3O2/c1-19(2)12-6-10-17-15(20)13-16(21)18-11-9-14-7-4-3-5-8-14/h3-5,7-8H,6,9-13H2,1-2H3,(H,17,20)(H,18,21). The van der Waals surface area contributed by atoms with Crippen LogP contribution in [0.1, 0.15) is 18.4 Å². The van der Waals surface area contributed by atoms with E-state index in [1.807, 2.05) is 44.4 Å². The molecule has 0 aliphatic carbocycles. The fourth-order valence-corrected chi connectivity index (χ4v) is 1.88. The van der Waals surface area contributed by atoms with Gasteiger partial charge in [0.2, 0.25) is 11.8 Å². The van der Waals surface area contributed by atoms with E-state index in [4.69, 9.17) is 0 Å². The lowest BCUT2D eigenvalue weighted by Crippen LogP contribution is -2.33. The zero-order valence-corrected chi connectivity index (χ0v) is 12.9. The van der Waals surface area contributed by atoms with Gasteiger partial charge in [-0.15, -0.1) is 0 Å². The second-order valence-electron chi connectivity index (χ2n) is 5.27. The monoisotopic (exact) mass is 291 g/mol. The highest BCUT2D eigenvalue weighted by Gasteiger charge is 2.08. The highest BCUT2D eigenvalue weighted by atomic mass is 16.2. The Morgan fingerprint density at radius 2 is 1.62 bits per heavy atom. The first-order valence-corrected chi connectivity index (χ1v) is 7.30. The van der Waals surface area contributed by atoms with Gasteiger partial charge in [-0.25, -0.2) is 0 Å². The Bertz CT molecular complexity index is 432. The number of nitrogens with one attached hydrogen (secondary N) is 2. The van der Waals surface area contributed by atoms with Gasteiger partial charge in [0.15, 0.2) is 0 Å². The van der Waals surface area contributed by atoms with Crippen LogP contribution in [-0.4, -0.2) is 50.4 Å². The Labute approximate surface area is 126 Å². The summed E-state index contributed by atoms with van der Waals surface area (Å²) in [7, 11) is 3.98. The number of carbonyl (C=O) groups excluding carboxylic acids is 2. The highest BCUT2D eigenvalue weighted by Crippen LogP contribution is 1.98. The molecule has 5 nitrogen and oxygen atoms in total. The Balaban J connectivity index is 2.08. The van der Waals surface area contributed by atoms with Crippen LogP contribution in [0.2, 0.25) is 0 Å².